The number of anilines is 1. The third-order valence-electron chi connectivity index (χ3n) is 2.72. The fraction of sp³-hybridized carbons (Fsp3) is 0.273. The van der Waals surface area contributed by atoms with Crippen LogP contribution >= 0.6 is 0 Å². The molecule has 19 heavy (non-hydrogen) atoms. The van der Waals surface area contributed by atoms with Gasteiger partial charge in [-0.3, -0.25) is 0 Å². The summed E-state index contributed by atoms with van der Waals surface area (Å²) >= 11 is 0. The second kappa shape index (κ2) is 4.98. The van der Waals surface area contributed by atoms with E-state index in [1.54, 1.807) is 18.1 Å². The Hall–Kier alpha value is -1.93. The summed E-state index contributed by atoms with van der Waals surface area (Å²) in [6.07, 6.45) is 5.03. The van der Waals surface area contributed by atoms with Gasteiger partial charge in [0.05, 0.1) is 6.54 Å². The Morgan fingerprint density at radius 2 is 2.11 bits per heavy atom. The van der Waals surface area contributed by atoms with Crippen LogP contribution in [-0.4, -0.2) is 30.0 Å². The van der Waals surface area contributed by atoms with E-state index in [2.05, 4.69) is 9.97 Å². The molecule has 2 aromatic rings. The molecule has 0 atom stereocenters. The predicted molar refractivity (Wildman–Crippen MR) is 70.9 cm³/mol. The Morgan fingerprint density at radius 3 is 2.68 bits per heavy atom. The van der Waals surface area contributed by atoms with Gasteiger partial charge < -0.3 is 9.47 Å². The second-order valence-electron chi connectivity index (χ2n) is 4.18. The van der Waals surface area contributed by atoms with Gasteiger partial charge in [-0.15, -0.1) is 0 Å². The lowest BCUT2D eigenvalue weighted by molar-refractivity contribution is 0.596. The molecule has 2 N–H and O–H groups in total. The Balaban J connectivity index is 2.35. The molecule has 7 nitrogen and oxygen atoms in total. The maximum Gasteiger partial charge on any atom is 0.241 e. The smallest absolute Gasteiger partial charge is 0.241 e. The van der Waals surface area contributed by atoms with Gasteiger partial charge in [0.2, 0.25) is 10.0 Å². The van der Waals surface area contributed by atoms with E-state index in [-0.39, 0.29) is 4.90 Å². The fourth-order valence-corrected chi connectivity index (χ4v) is 2.46. The molecular weight excluding hydrogens is 266 g/mol. The van der Waals surface area contributed by atoms with Gasteiger partial charge in [-0.1, -0.05) is 0 Å². The molecule has 8 heteroatoms. The highest BCUT2D eigenvalue weighted by molar-refractivity contribution is 7.89. The molecular formula is C11H15N5O2S. The number of rotatable bonds is 4. The van der Waals surface area contributed by atoms with Crippen molar-refractivity contribution in [3.8, 4) is 0 Å². The van der Waals surface area contributed by atoms with Gasteiger partial charge in [-0.05, 0) is 12.1 Å². The molecule has 0 amide bonds. The number of aromatic nitrogens is 3. The van der Waals surface area contributed by atoms with Crippen molar-refractivity contribution in [3.05, 3.63) is 36.5 Å². The molecule has 2 heterocycles. The van der Waals surface area contributed by atoms with Gasteiger partial charge in [0.25, 0.3) is 0 Å². The largest absolute Gasteiger partial charge is 0.351 e. The molecule has 0 radical (unpaired) electrons. The first-order valence-electron chi connectivity index (χ1n) is 5.55. The molecule has 0 aliphatic heterocycles. The molecule has 2 rings (SSSR count). The van der Waals surface area contributed by atoms with Crippen LogP contribution in [0.1, 0.15) is 5.82 Å². The Kier molecular flexibility index (Phi) is 3.54. The SMILES string of the molecule is CN(Cc1nccn1C)c1ncccc1S(N)(=O)=O. The lowest BCUT2D eigenvalue weighted by atomic mass is 10.4. The van der Waals surface area contributed by atoms with E-state index in [9.17, 15) is 8.42 Å². The number of nitrogens with two attached hydrogens (primary N) is 1. The van der Waals surface area contributed by atoms with Crippen molar-refractivity contribution in [2.24, 2.45) is 12.2 Å². The van der Waals surface area contributed by atoms with E-state index in [0.29, 0.717) is 12.4 Å². The van der Waals surface area contributed by atoms with Gasteiger partial charge in [-0.25, -0.2) is 23.5 Å². The number of primary sulfonamides is 1. The van der Waals surface area contributed by atoms with Crippen LogP contribution < -0.4 is 10.0 Å². The molecule has 102 valence electrons. The van der Waals surface area contributed by atoms with Crippen LogP contribution in [0.5, 0.6) is 0 Å². The minimum atomic E-state index is -3.80. The molecule has 0 aromatic carbocycles. The summed E-state index contributed by atoms with van der Waals surface area (Å²) in [5, 5.41) is 5.18. The third-order valence-corrected chi connectivity index (χ3v) is 3.65. The van der Waals surface area contributed by atoms with E-state index in [1.807, 2.05) is 17.8 Å². The van der Waals surface area contributed by atoms with E-state index in [0.717, 1.165) is 5.82 Å². The van der Waals surface area contributed by atoms with Crippen molar-refractivity contribution in [3.63, 3.8) is 0 Å². The van der Waals surface area contributed by atoms with Crippen molar-refractivity contribution in [2.75, 3.05) is 11.9 Å². The average molecular weight is 281 g/mol. The van der Waals surface area contributed by atoms with Crippen molar-refractivity contribution in [2.45, 2.75) is 11.4 Å². The third kappa shape index (κ3) is 2.91. The second-order valence-corrected chi connectivity index (χ2v) is 5.71. The topological polar surface area (TPSA) is 94.1 Å². The van der Waals surface area contributed by atoms with E-state index in [1.165, 1.54) is 18.3 Å². The molecule has 0 aliphatic carbocycles. The summed E-state index contributed by atoms with van der Waals surface area (Å²) in [5.74, 6) is 1.11. The number of hydrogen-bond acceptors (Lipinski definition) is 5. The van der Waals surface area contributed by atoms with Crippen molar-refractivity contribution in [1.29, 1.82) is 0 Å². The standard InChI is InChI=1S/C11H15N5O2S/c1-15-7-6-13-10(15)8-16(2)11-9(19(12,17)18)4-3-5-14-11/h3-7H,8H2,1-2H3,(H2,12,17,18). The zero-order valence-corrected chi connectivity index (χ0v) is 11.5. The maximum atomic E-state index is 11.5. The number of imidazole rings is 1. The summed E-state index contributed by atoms with van der Waals surface area (Å²) < 4.78 is 24.9. The van der Waals surface area contributed by atoms with Gasteiger partial charge in [-0.2, -0.15) is 0 Å². The quantitative estimate of drug-likeness (QED) is 0.857. The number of nitrogens with zero attached hydrogens (tertiary/aromatic N) is 4. The Morgan fingerprint density at radius 1 is 1.37 bits per heavy atom. The summed E-state index contributed by atoms with van der Waals surface area (Å²) in [4.78, 5) is 9.97. The van der Waals surface area contributed by atoms with Crippen LogP contribution in [0, 0.1) is 0 Å². The summed E-state index contributed by atoms with van der Waals surface area (Å²) in [7, 11) is -0.187. The molecule has 0 aliphatic rings. The Labute approximate surface area is 111 Å². The highest BCUT2D eigenvalue weighted by Gasteiger charge is 2.18. The average Bonchev–Trinajstić information content (AvgIpc) is 2.74. The van der Waals surface area contributed by atoms with Crippen LogP contribution in [-0.2, 0) is 23.6 Å². The minimum absolute atomic E-state index is 0.00621. The number of aryl methyl sites for hydroxylation is 1. The first kappa shape index (κ1) is 13.5. The number of hydrogen-bond donors (Lipinski definition) is 1. The van der Waals surface area contributed by atoms with Crippen LogP contribution in [0.4, 0.5) is 5.82 Å². The zero-order chi connectivity index (χ0) is 14.0. The van der Waals surface area contributed by atoms with Gasteiger partial charge in [0.1, 0.15) is 16.5 Å². The fourth-order valence-electron chi connectivity index (χ4n) is 1.73. The molecule has 0 fully saturated rings. The highest BCUT2D eigenvalue weighted by Crippen LogP contribution is 2.20. The van der Waals surface area contributed by atoms with Crippen molar-refractivity contribution < 1.29 is 8.42 Å². The molecule has 0 saturated carbocycles. The van der Waals surface area contributed by atoms with Gasteiger partial charge in [0, 0.05) is 32.7 Å². The van der Waals surface area contributed by atoms with Crippen LogP contribution in [0.15, 0.2) is 35.6 Å². The van der Waals surface area contributed by atoms with Crippen molar-refractivity contribution >= 4 is 15.8 Å². The first-order valence-corrected chi connectivity index (χ1v) is 7.09. The van der Waals surface area contributed by atoms with E-state index >= 15 is 0 Å². The molecule has 0 unspecified atom stereocenters. The van der Waals surface area contributed by atoms with Crippen LogP contribution in [0.3, 0.4) is 0 Å². The summed E-state index contributed by atoms with van der Waals surface area (Å²) in [5.41, 5.74) is 0. The zero-order valence-electron chi connectivity index (χ0n) is 10.7. The Bertz CT molecular complexity index is 680. The highest BCUT2D eigenvalue weighted by atomic mass is 32.2. The first-order chi connectivity index (χ1) is 8.89. The lowest BCUT2D eigenvalue weighted by Gasteiger charge is -2.19. The number of pyridine rings is 1. The van der Waals surface area contributed by atoms with E-state index in [4.69, 9.17) is 5.14 Å². The van der Waals surface area contributed by atoms with Crippen LogP contribution in [0.2, 0.25) is 0 Å². The molecule has 0 spiro atoms. The number of sulfonamides is 1. The maximum absolute atomic E-state index is 11.5. The lowest BCUT2D eigenvalue weighted by Crippen LogP contribution is -2.24. The minimum Gasteiger partial charge on any atom is -0.351 e. The molecule has 0 bridgehead atoms. The van der Waals surface area contributed by atoms with Crippen LogP contribution in [0.25, 0.3) is 0 Å². The van der Waals surface area contributed by atoms with Gasteiger partial charge >= 0.3 is 0 Å². The molecule has 0 saturated heterocycles. The summed E-state index contributed by atoms with van der Waals surface area (Å²) in [6.45, 7) is 0.434. The monoisotopic (exact) mass is 281 g/mol. The van der Waals surface area contributed by atoms with E-state index < -0.39 is 10.0 Å². The normalized spacial score (nSPS) is 11.5. The predicted octanol–water partition coefficient (Wildman–Crippen LogP) is 0.0989. The van der Waals surface area contributed by atoms with Gasteiger partial charge in [0.15, 0.2) is 0 Å². The molecule has 2 aromatic heterocycles. The van der Waals surface area contributed by atoms with Crippen molar-refractivity contribution in [1.82, 2.24) is 14.5 Å². The summed E-state index contributed by atoms with van der Waals surface area (Å²) in [6, 6.07) is 2.98.